The van der Waals surface area contributed by atoms with E-state index in [2.05, 4.69) is 48.7 Å². The van der Waals surface area contributed by atoms with Crippen LogP contribution in [0.15, 0.2) is 42.5 Å². The van der Waals surface area contributed by atoms with Gasteiger partial charge in [0.15, 0.2) is 16.6 Å². The summed E-state index contributed by atoms with van der Waals surface area (Å²) in [5.74, 6) is 2.16. The minimum absolute atomic E-state index is 0.291. The predicted octanol–water partition coefficient (Wildman–Crippen LogP) is 4.42. The van der Waals surface area contributed by atoms with Crippen LogP contribution in [0.3, 0.4) is 0 Å². The number of rotatable bonds is 5. The van der Waals surface area contributed by atoms with Crippen LogP contribution in [-0.4, -0.2) is 11.9 Å². The average molecular weight is 342 g/mol. The Bertz CT molecular complexity index is 716. The summed E-state index contributed by atoms with van der Waals surface area (Å²) in [6.45, 7) is 5.36. The first-order valence-corrected chi connectivity index (χ1v) is 8.60. The molecule has 0 unspecified atom stereocenters. The standard InChI is InChI=1S/C19H22N2O2S/c1-3-13(2)15-5-7-16(8-6-15)21-19(24)20-11-14-4-9-17-18(10-14)23-12-22-17/h4-10,13H,3,11-12H2,1-2H3,(H2,20,21,24)/t13-/m1/s1. The van der Waals surface area contributed by atoms with E-state index in [0.29, 0.717) is 24.4 Å². The van der Waals surface area contributed by atoms with Gasteiger partial charge in [-0.05, 0) is 59.9 Å². The lowest BCUT2D eigenvalue weighted by Crippen LogP contribution is -2.27. The third kappa shape index (κ3) is 3.97. The van der Waals surface area contributed by atoms with Gasteiger partial charge in [0.05, 0.1) is 0 Å². The second-order valence-electron chi connectivity index (χ2n) is 5.93. The first-order chi connectivity index (χ1) is 11.7. The Labute approximate surface area is 148 Å². The van der Waals surface area contributed by atoms with Crippen LogP contribution in [-0.2, 0) is 6.54 Å². The fourth-order valence-electron chi connectivity index (χ4n) is 2.54. The van der Waals surface area contributed by atoms with Crippen LogP contribution in [0.5, 0.6) is 11.5 Å². The second kappa shape index (κ2) is 7.53. The summed E-state index contributed by atoms with van der Waals surface area (Å²) < 4.78 is 10.7. The molecule has 0 fully saturated rings. The molecule has 0 spiro atoms. The van der Waals surface area contributed by atoms with Gasteiger partial charge in [-0.15, -0.1) is 0 Å². The molecule has 126 valence electrons. The van der Waals surface area contributed by atoms with Gasteiger partial charge in [0.2, 0.25) is 6.79 Å². The zero-order valence-corrected chi connectivity index (χ0v) is 14.8. The molecule has 2 N–H and O–H groups in total. The number of ether oxygens (including phenoxy) is 2. The van der Waals surface area contributed by atoms with Gasteiger partial charge in [-0.2, -0.15) is 0 Å². The summed E-state index contributed by atoms with van der Waals surface area (Å²) in [6, 6.07) is 14.3. The van der Waals surface area contributed by atoms with E-state index in [1.165, 1.54) is 5.56 Å². The molecule has 1 aliphatic heterocycles. The van der Waals surface area contributed by atoms with Crippen LogP contribution in [0.25, 0.3) is 0 Å². The van der Waals surface area contributed by atoms with Gasteiger partial charge in [-0.3, -0.25) is 0 Å². The molecule has 4 nitrogen and oxygen atoms in total. The Morgan fingerprint density at radius 2 is 1.88 bits per heavy atom. The Morgan fingerprint density at radius 1 is 1.12 bits per heavy atom. The third-order valence-electron chi connectivity index (χ3n) is 4.24. The Kier molecular flexibility index (Phi) is 5.20. The molecule has 24 heavy (non-hydrogen) atoms. The largest absolute Gasteiger partial charge is 0.454 e. The van der Waals surface area contributed by atoms with E-state index in [9.17, 15) is 0 Å². The lowest BCUT2D eigenvalue weighted by molar-refractivity contribution is 0.174. The van der Waals surface area contributed by atoms with Gasteiger partial charge < -0.3 is 20.1 Å². The molecular formula is C19H22N2O2S. The van der Waals surface area contributed by atoms with E-state index < -0.39 is 0 Å². The zero-order valence-electron chi connectivity index (χ0n) is 14.0. The molecule has 5 heteroatoms. The molecule has 2 aromatic carbocycles. The van der Waals surface area contributed by atoms with Gasteiger partial charge in [0, 0.05) is 12.2 Å². The monoisotopic (exact) mass is 342 g/mol. The zero-order chi connectivity index (χ0) is 16.9. The molecular weight excluding hydrogens is 320 g/mol. The maximum Gasteiger partial charge on any atom is 0.231 e. The summed E-state index contributed by atoms with van der Waals surface area (Å²) in [5, 5.41) is 7.03. The minimum atomic E-state index is 0.291. The Balaban J connectivity index is 1.52. The van der Waals surface area contributed by atoms with Crippen molar-refractivity contribution in [1.29, 1.82) is 0 Å². The van der Waals surface area contributed by atoms with E-state index in [4.69, 9.17) is 21.7 Å². The third-order valence-corrected chi connectivity index (χ3v) is 4.49. The van der Waals surface area contributed by atoms with Crippen molar-refractivity contribution in [3.05, 3.63) is 53.6 Å². The fraction of sp³-hybridized carbons (Fsp3) is 0.316. The van der Waals surface area contributed by atoms with Crippen molar-refractivity contribution in [2.45, 2.75) is 32.7 Å². The van der Waals surface area contributed by atoms with Crippen molar-refractivity contribution in [1.82, 2.24) is 5.32 Å². The molecule has 1 heterocycles. The van der Waals surface area contributed by atoms with Crippen molar-refractivity contribution in [2.75, 3.05) is 12.1 Å². The maximum atomic E-state index is 5.38. The van der Waals surface area contributed by atoms with E-state index >= 15 is 0 Å². The Hall–Kier alpha value is -2.27. The first kappa shape index (κ1) is 16.6. The summed E-state index contributed by atoms with van der Waals surface area (Å²) >= 11 is 5.36. The number of benzene rings is 2. The van der Waals surface area contributed by atoms with Crippen molar-refractivity contribution in [3.8, 4) is 11.5 Å². The van der Waals surface area contributed by atoms with Crippen LogP contribution in [0, 0.1) is 0 Å². The summed E-state index contributed by atoms with van der Waals surface area (Å²) in [6.07, 6.45) is 1.14. The van der Waals surface area contributed by atoms with Gasteiger partial charge >= 0.3 is 0 Å². The topological polar surface area (TPSA) is 42.5 Å². The number of fused-ring (bicyclic) bond motifs is 1. The highest BCUT2D eigenvalue weighted by molar-refractivity contribution is 7.80. The molecule has 0 aliphatic carbocycles. The summed E-state index contributed by atoms with van der Waals surface area (Å²) in [5.41, 5.74) is 3.43. The van der Waals surface area contributed by atoms with Gasteiger partial charge in [-0.25, -0.2) is 0 Å². The molecule has 0 saturated carbocycles. The van der Waals surface area contributed by atoms with Crippen LogP contribution < -0.4 is 20.1 Å². The highest BCUT2D eigenvalue weighted by Gasteiger charge is 2.13. The van der Waals surface area contributed by atoms with Gasteiger partial charge in [0.25, 0.3) is 0 Å². The smallest absolute Gasteiger partial charge is 0.231 e. The summed E-state index contributed by atoms with van der Waals surface area (Å²) in [4.78, 5) is 0. The van der Waals surface area contributed by atoms with E-state index in [1.807, 2.05) is 18.2 Å². The highest BCUT2D eigenvalue weighted by atomic mass is 32.1. The van der Waals surface area contributed by atoms with Crippen LogP contribution in [0.4, 0.5) is 5.69 Å². The second-order valence-corrected chi connectivity index (χ2v) is 6.33. The maximum absolute atomic E-state index is 5.38. The quantitative estimate of drug-likeness (QED) is 0.788. The number of nitrogens with one attached hydrogen (secondary N) is 2. The molecule has 0 radical (unpaired) electrons. The fourth-order valence-corrected chi connectivity index (χ4v) is 2.73. The normalized spacial score (nSPS) is 13.4. The molecule has 2 aromatic rings. The van der Waals surface area contributed by atoms with E-state index in [0.717, 1.165) is 29.2 Å². The van der Waals surface area contributed by atoms with Crippen LogP contribution in [0.2, 0.25) is 0 Å². The predicted molar refractivity (Wildman–Crippen MR) is 101 cm³/mol. The summed E-state index contributed by atoms with van der Waals surface area (Å²) in [7, 11) is 0. The van der Waals surface area contributed by atoms with Crippen LogP contribution >= 0.6 is 12.2 Å². The number of hydrogen-bond donors (Lipinski definition) is 2. The van der Waals surface area contributed by atoms with E-state index in [1.54, 1.807) is 0 Å². The Morgan fingerprint density at radius 3 is 2.62 bits per heavy atom. The minimum Gasteiger partial charge on any atom is -0.454 e. The molecule has 0 aromatic heterocycles. The number of thiocarbonyl (C=S) groups is 1. The van der Waals surface area contributed by atoms with Crippen molar-refractivity contribution in [3.63, 3.8) is 0 Å². The van der Waals surface area contributed by atoms with E-state index in [-0.39, 0.29) is 0 Å². The van der Waals surface area contributed by atoms with Crippen LogP contribution in [0.1, 0.15) is 37.3 Å². The molecule has 3 rings (SSSR count). The molecule has 0 saturated heterocycles. The SMILES string of the molecule is CC[C@@H](C)c1ccc(NC(=S)NCc2ccc3c(c2)OCO3)cc1. The average Bonchev–Trinajstić information content (AvgIpc) is 3.07. The first-order valence-electron chi connectivity index (χ1n) is 8.19. The number of hydrogen-bond acceptors (Lipinski definition) is 3. The number of anilines is 1. The molecule has 0 amide bonds. The molecule has 1 atom stereocenters. The molecule has 0 bridgehead atoms. The van der Waals surface area contributed by atoms with Crippen molar-refractivity contribution >= 4 is 23.0 Å². The lowest BCUT2D eigenvalue weighted by Gasteiger charge is -2.13. The van der Waals surface area contributed by atoms with Gasteiger partial charge in [-0.1, -0.05) is 32.0 Å². The van der Waals surface area contributed by atoms with Crippen molar-refractivity contribution < 1.29 is 9.47 Å². The van der Waals surface area contributed by atoms with Gasteiger partial charge in [0.1, 0.15) is 0 Å². The lowest BCUT2D eigenvalue weighted by atomic mass is 9.99. The molecule has 1 aliphatic rings. The van der Waals surface area contributed by atoms with Crippen molar-refractivity contribution in [2.24, 2.45) is 0 Å². The highest BCUT2D eigenvalue weighted by Crippen LogP contribution is 2.32.